The number of pyridine rings is 1. The fraction of sp³-hybridized carbons (Fsp3) is 0.593. The van der Waals surface area contributed by atoms with E-state index >= 15 is 0 Å². The molecule has 0 amide bonds. The third-order valence-electron chi connectivity index (χ3n) is 7.94. The van der Waals surface area contributed by atoms with Crippen molar-refractivity contribution in [3.8, 4) is 0 Å². The van der Waals surface area contributed by atoms with Crippen molar-refractivity contribution in [2.24, 2.45) is 5.41 Å². The van der Waals surface area contributed by atoms with Gasteiger partial charge in [0.25, 0.3) is 0 Å². The molecule has 3 aliphatic rings. The maximum Gasteiger partial charge on any atom is 0.0607 e. The number of likely N-dealkylation sites (N-methyl/N-ethyl adjacent to an activating group) is 1. The number of nitrogens with zero attached hydrogens (tertiary/aromatic N) is 3. The number of anilines is 1. The number of aromatic nitrogens is 1. The second-order valence-corrected chi connectivity index (χ2v) is 10.7. The summed E-state index contributed by atoms with van der Waals surface area (Å²) in [4.78, 5) is 9.97. The van der Waals surface area contributed by atoms with E-state index in [0.29, 0.717) is 17.5 Å². The molecular formula is C27H38N4. The standard InChI is InChI=1S/C27H38N4/c1-27(2)12-15-31(16-13-27)24-10-5-8-21-18-29-22(17-23(21)24)19-30(3)25-11-4-7-20-9-6-14-28-26(20)25/h5-6,8-10,14,22,25,29H,4,7,11-13,15-19H2,1-3H3/t22-,25+/m1/s1. The lowest BCUT2D eigenvalue weighted by Crippen LogP contribution is -2.46. The van der Waals surface area contributed by atoms with Crippen LogP contribution in [-0.2, 0) is 19.4 Å². The number of nitrogens with one attached hydrogen (secondary N) is 1. The summed E-state index contributed by atoms with van der Waals surface area (Å²) in [6.07, 6.45) is 9.33. The van der Waals surface area contributed by atoms with Gasteiger partial charge in [-0.15, -0.1) is 0 Å². The Morgan fingerprint density at radius 2 is 1.94 bits per heavy atom. The van der Waals surface area contributed by atoms with E-state index in [0.717, 1.165) is 19.5 Å². The van der Waals surface area contributed by atoms with Crippen molar-refractivity contribution >= 4 is 5.69 Å². The summed E-state index contributed by atoms with van der Waals surface area (Å²) < 4.78 is 0. The number of hydrogen-bond acceptors (Lipinski definition) is 4. The molecule has 1 N–H and O–H groups in total. The predicted octanol–water partition coefficient (Wildman–Crippen LogP) is 4.73. The van der Waals surface area contributed by atoms with Gasteiger partial charge in [0.15, 0.2) is 0 Å². The van der Waals surface area contributed by atoms with Crippen LogP contribution in [0.2, 0.25) is 0 Å². The quantitative estimate of drug-likeness (QED) is 0.778. The monoisotopic (exact) mass is 418 g/mol. The maximum atomic E-state index is 4.77. The molecule has 1 saturated heterocycles. The van der Waals surface area contributed by atoms with Gasteiger partial charge in [-0.3, -0.25) is 9.88 Å². The third kappa shape index (κ3) is 4.38. The van der Waals surface area contributed by atoms with Crippen molar-refractivity contribution in [2.75, 3.05) is 31.6 Å². The van der Waals surface area contributed by atoms with Crippen LogP contribution in [0.4, 0.5) is 5.69 Å². The van der Waals surface area contributed by atoms with Gasteiger partial charge in [-0.1, -0.05) is 32.0 Å². The first kappa shape index (κ1) is 21.0. The average Bonchev–Trinajstić information content (AvgIpc) is 2.78. The highest BCUT2D eigenvalue weighted by Gasteiger charge is 2.30. The van der Waals surface area contributed by atoms with Gasteiger partial charge >= 0.3 is 0 Å². The van der Waals surface area contributed by atoms with Gasteiger partial charge in [0.2, 0.25) is 0 Å². The molecule has 1 aromatic heterocycles. The average molecular weight is 419 g/mol. The molecule has 2 atom stereocenters. The molecule has 1 fully saturated rings. The molecule has 166 valence electrons. The van der Waals surface area contributed by atoms with Crippen LogP contribution in [-0.4, -0.2) is 42.6 Å². The molecule has 4 nitrogen and oxygen atoms in total. The van der Waals surface area contributed by atoms with Crippen molar-refractivity contribution < 1.29 is 0 Å². The molecule has 2 aromatic rings. The van der Waals surface area contributed by atoms with Crippen molar-refractivity contribution in [1.29, 1.82) is 0 Å². The van der Waals surface area contributed by atoms with Crippen LogP contribution in [0.1, 0.15) is 68.0 Å². The van der Waals surface area contributed by atoms with Crippen molar-refractivity contribution in [3.05, 3.63) is 58.9 Å². The largest absolute Gasteiger partial charge is 0.371 e. The summed E-state index contributed by atoms with van der Waals surface area (Å²) in [5, 5.41) is 3.83. The second-order valence-electron chi connectivity index (χ2n) is 10.7. The zero-order valence-electron chi connectivity index (χ0n) is 19.5. The number of benzene rings is 1. The van der Waals surface area contributed by atoms with E-state index in [1.165, 1.54) is 67.7 Å². The Labute approximate surface area is 188 Å². The molecule has 1 aromatic carbocycles. The van der Waals surface area contributed by atoms with E-state index in [1.54, 1.807) is 5.56 Å². The van der Waals surface area contributed by atoms with E-state index in [9.17, 15) is 0 Å². The van der Waals surface area contributed by atoms with Gasteiger partial charge in [0, 0.05) is 44.1 Å². The predicted molar refractivity (Wildman–Crippen MR) is 129 cm³/mol. The normalized spacial score (nSPS) is 25.2. The Bertz CT molecular complexity index is 911. The minimum absolute atomic E-state index is 0.452. The van der Waals surface area contributed by atoms with Gasteiger partial charge in [-0.25, -0.2) is 0 Å². The summed E-state index contributed by atoms with van der Waals surface area (Å²) in [5.74, 6) is 0. The lowest BCUT2D eigenvalue weighted by molar-refractivity contribution is 0.191. The summed E-state index contributed by atoms with van der Waals surface area (Å²) in [6, 6.07) is 12.2. The fourth-order valence-corrected chi connectivity index (χ4v) is 5.86. The topological polar surface area (TPSA) is 31.4 Å². The van der Waals surface area contributed by atoms with Gasteiger partial charge in [0.1, 0.15) is 0 Å². The lowest BCUT2D eigenvalue weighted by Gasteiger charge is -2.41. The number of aryl methyl sites for hydroxylation is 1. The zero-order valence-corrected chi connectivity index (χ0v) is 19.5. The van der Waals surface area contributed by atoms with E-state index in [1.807, 2.05) is 6.20 Å². The number of fused-ring (bicyclic) bond motifs is 2. The van der Waals surface area contributed by atoms with Gasteiger partial charge in [0.05, 0.1) is 11.7 Å². The summed E-state index contributed by atoms with van der Waals surface area (Å²) in [7, 11) is 2.30. The molecule has 4 heteroatoms. The number of piperidine rings is 1. The van der Waals surface area contributed by atoms with E-state index < -0.39 is 0 Å². The zero-order chi connectivity index (χ0) is 21.4. The number of rotatable bonds is 4. The van der Waals surface area contributed by atoms with Crippen LogP contribution >= 0.6 is 0 Å². The number of hydrogen-bond donors (Lipinski definition) is 1. The van der Waals surface area contributed by atoms with E-state index in [4.69, 9.17) is 4.98 Å². The molecule has 0 unspecified atom stereocenters. The first-order chi connectivity index (χ1) is 15.0. The van der Waals surface area contributed by atoms with Crippen LogP contribution in [0.15, 0.2) is 36.5 Å². The van der Waals surface area contributed by atoms with Crippen LogP contribution in [0.25, 0.3) is 0 Å². The Balaban J connectivity index is 1.30. The van der Waals surface area contributed by atoms with E-state index in [-0.39, 0.29) is 0 Å². The van der Waals surface area contributed by atoms with Crippen LogP contribution in [0.5, 0.6) is 0 Å². The first-order valence-electron chi connectivity index (χ1n) is 12.2. The van der Waals surface area contributed by atoms with Gasteiger partial charge < -0.3 is 10.2 Å². The third-order valence-corrected chi connectivity index (χ3v) is 7.94. The van der Waals surface area contributed by atoms with E-state index in [2.05, 4.69) is 66.3 Å². The van der Waals surface area contributed by atoms with Gasteiger partial charge in [-0.05, 0) is 79.8 Å². The Kier molecular flexibility index (Phi) is 5.78. The minimum atomic E-state index is 0.452. The molecular weight excluding hydrogens is 380 g/mol. The lowest BCUT2D eigenvalue weighted by atomic mass is 9.82. The molecule has 0 saturated carbocycles. The Morgan fingerprint density at radius 1 is 1.13 bits per heavy atom. The maximum absolute atomic E-state index is 4.77. The molecule has 2 aliphatic heterocycles. The highest BCUT2D eigenvalue weighted by atomic mass is 15.2. The van der Waals surface area contributed by atoms with Crippen molar-refractivity contribution in [3.63, 3.8) is 0 Å². The summed E-state index contributed by atoms with van der Waals surface area (Å²) in [5.41, 5.74) is 7.81. The van der Waals surface area contributed by atoms with Crippen LogP contribution in [0, 0.1) is 5.41 Å². The summed E-state index contributed by atoms with van der Waals surface area (Å²) >= 11 is 0. The first-order valence-corrected chi connectivity index (χ1v) is 12.2. The highest BCUT2D eigenvalue weighted by Crippen LogP contribution is 2.36. The molecule has 0 spiro atoms. The van der Waals surface area contributed by atoms with Gasteiger partial charge in [-0.2, -0.15) is 0 Å². The van der Waals surface area contributed by atoms with Crippen LogP contribution < -0.4 is 10.2 Å². The summed E-state index contributed by atoms with van der Waals surface area (Å²) in [6.45, 7) is 9.26. The molecule has 0 bridgehead atoms. The molecule has 31 heavy (non-hydrogen) atoms. The molecule has 3 heterocycles. The van der Waals surface area contributed by atoms with Crippen molar-refractivity contribution in [2.45, 2.75) is 71.0 Å². The Hall–Kier alpha value is -1.91. The van der Waals surface area contributed by atoms with Crippen LogP contribution in [0.3, 0.4) is 0 Å². The highest BCUT2D eigenvalue weighted by molar-refractivity contribution is 5.58. The molecule has 5 rings (SSSR count). The molecule has 1 aliphatic carbocycles. The second kappa shape index (κ2) is 8.55. The SMILES string of the molecule is CN(C[C@H]1Cc2c(cccc2N2CCC(C)(C)CC2)CN1)[C@H]1CCCc2cccnc21. The molecule has 0 radical (unpaired) electrons. The van der Waals surface area contributed by atoms with Crippen molar-refractivity contribution in [1.82, 2.24) is 15.2 Å². The Morgan fingerprint density at radius 3 is 2.77 bits per heavy atom. The minimum Gasteiger partial charge on any atom is -0.371 e. The fourth-order valence-electron chi connectivity index (χ4n) is 5.86. The smallest absolute Gasteiger partial charge is 0.0607 e.